The standard InChI is InChI=1S/C10H20N2O3.ClH/c1-10(4-3-5-15-10)7-12-9(13)8(6-11)14-2;/h8H,3-7,11H2,1-2H3,(H,12,13);1H. The van der Waals surface area contributed by atoms with Crippen molar-refractivity contribution in [3.05, 3.63) is 0 Å². The lowest BCUT2D eigenvalue weighted by Gasteiger charge is -2.24. The molecule has 2 atom stereocenters. The molecule has 6 heteroatoms. The first-order valence-corrected chi connectivity index (χ1v) is 5.26. The Morgan fingerprint density at radius 3 is 2.81 bits per heavy atom. The highest BCUT2D eigenvalue weighted by Gasteiger charge is 2.30. The molecule has 5 nitrogen and oxygen atoms in total. The SMILES string of the molecule is COC(CN)C(=O)NCC1(C)CCCO1.Cl. The Kier molecular flexibility index (Phi) is 6.90. The van der Waals surface area contributed by atoms with E-state index in [0.717, 1.165) is 19.4 Å². The molecule has 1 aliphatic rings. The predicted octanol–water partition coefficient (Wildman–Crippen LogP) is 0.0672. The number of halogens is 1. The molecule has 0 aromatic carbocycles. The zero-order valence-electron chi connectivity index (χ0n) is 9.82. The van der Waals surface area contributed by atoms with Crippen LogP contribution in [0, 0.1) is 0 Å². The molecular formula is C10H21ClN2O3. The minimum Gasteiger partial charge on any atom is -0.373 e. The van der Waals surface area contributed by atoms with Crippen LogP contribution in [0.1, 0.15) is 19.8 Å². The first-order valence-electron chi connectivity index (χ1n) is 5.26. The Bertz CT molecular complexity index is 216. The number of nitrogens with two attached hydrogens (primary N) is 1. The van der Waals surface area contributed by atoms with Crippen molar-refractivity contribution in [2.45, 2.75) is 31.5 Å². The summed E-state index contributed by atoms with van der Waals surface area (Å²) in [6.45, 7) is 3.49. The van der Waals surface area contributed by atoms with Gasteiger partial charge in [0.1, 0.15) is 6.10 Å². The van der Waals surface area contributed by atoms with E-state index in [4.69, 9.17) is 15.2 Å². The maximum absolute atomic E-state index is 11.5. The van der Waals surface area contributed by atoms with Gasteiger partial charge in [-0.1, -0.05) is 0 Å². The van der Waals surface area contributed by atoms with Gasteiger partial charge in [0.15, 0.2) is 0 Å². The first kappa shape index (κ1) is 15.6. The van der Waals surface area contributed by atoms with Crippen molar-refractivity contribution >= 4 is 18.3 Å². The highest BCUT2D eigenvalue weighted by atomic mass is 35.5. The fraction of sp³-hybridized carbons (Fsp3) is 0.900. The van der Waals surface area contributed by atoms with Gasteiger partial charge in [0.05, 0.1) is 5.60 Å². The van der Waals surface area contributed by atoms with Crippen LogP contribution in [0.3, 0.4) is 0 Å². The van der Waals surface area contributed by atoms with Gasteiger partial charge < -0.3 is 20.5 Å². The second kappa shape index (κ2) is 7.06. The molecule has 0 aliphatic carbocycles. The van der Waals surface area contributed by atoms with Gasteiger partial charge in [0.2, 0.25) is 0 Å². The Morgan fingerprint density at radius 1 is 1.69 bits per heavy atom. The number of hydrogen-bond acceptors (Lipinski definition) is 4. The Labute approximate surface area is 102 Å². The molecule has 0 aromatic rings. The summed E-state index contributed by atoms with van der Waals surface area (Å²) in [4.78, 5) is 11.5. The average Bonchev–Trinajstić information content (AvgIpc) is 2.65. The van der Waals surface area contributed by atoms with Gasteiger partial charge in [-0.25, -0.2) is 0 Å². The molecule has 1 aliphatic heterocycles. The van der Waals surface area contributed by atoms with Crippen molar-refractivity contribution in [3.8, 4) is 0 Å². The number of carbonyl (C=O) groups is 1. The van der Waals surface area contributed by atoms with Crippen LogP contribution >= 0.6 is 12.4 Å². The fourth-order valence-corrected chi connectivity index (χ4v) is 1.67. The van der Waals surface area contributed by atoms with Crippen LogP contribution in [-0.4, -0.2) is 44.4 Å². The van der Waals surface area contributed by atoms with Crippen molar-refractivity contribution in [3.63, 3.8) is 0 Å². The molecule has 2 unspecified atom stereocenters. The molecule has 3 N–H and O–H groups in total. The average molecular weight is 253 g/mol. The minimum absolute atomic E-state index is 0. The smallest absolute Gasteiger partial charge is 0.250 e. The van der Waals surface area contributed by atoms with E-state index in [1.165, 1.54) is 7.11 Å². The summed E-state index contributed by atoms with van der Waals surface area (Å²) in [6, 6.07) is 0. The number of carbonyl (C=O) groups excluding carboxylic acids is 1. The van der Waals surface area contributed by atoms with E-state index in [2.05, 4.69) is 5.32 Å². The normalized spacial score (nSPS) is 25.9. The highest BCUT2D eigenvalue weighted by Crippen LogP contribution is 2.23. The van der Waals surface area contributed by atoms with E-state index in [1.54, 1.807) is 0 Å². The Balaban J connectivity index is 0.00000225. The summed E-state index contributed by atoms with van der Waals surface area (Å²) in [6.07, 6.45) is 1.47. The zero-order chi connectivity index (χ0) is 11.3. The summed E-state index contributed by atoms with van der Waals surface area (Å²) in [7, 11) is 1.48. The Morgan fingerprint density at radius 2 is 2.38 bits per heavy atom. The van der Waals surface area contributed by atoms with Crippen LogP contribution in [0.5, 0.6) is 0 Å². The maximum Gasteiger partial charge on any atom is 0.250 e. The van der Waals surface area contributed by atoms with Crippen molar-refractivity contribution in [2.75, 3.05) is 26.8 Å². The second-order valence-electron chi connectivity index (χ2n) is 4.08. The van der Waals surface area contributed by atoms with Crippen LogP contribution in [0.4, 0.5) is 0 Å². The molecule has 16 heavy (non-hydrogen) atoms. The number of amides is 1. The third-order valence-electron chi connectivity index (χ3n) is 2.73. The van der Waals surface area contributed by atoms with E-state index >= 15 is 0 Å². The molecule has 0 aromatic heterocycles. The third-order valence-corrected chi connectivity index (χ3v) is 2.73. The van der Waals surface area contributed by atoms with E-state index in [-0.39, 0.29) is 30.5 Å². The van der Waals surface area contributed by atoms with Gasteiger partial charge in [0, 0.05) is 26.8 Å². The Hall–Kier alpha value is -0.360. The lowest BCUT2D eigenvalue weighted by Crippen LogP contribution is -2.46. The monoisotopic (exact) mass is 252 g/mol. The van der Waals surface area contributed by atoms with Crippen molar-refractivity contribution in [2.24, 2.45) is 5.73 Å². The van der Waals surface area contributed by atoms with Crippen molar-refractivity contribution < 1.29 is 14.3 Å². The topological polar surface area (TPSA) is 73.6 Å². The van der Waals surface area contributed by atoms with Crippen LogP contribution in [0.25, 0.3) is 0 Å². The molecule has 0 radical (unpaired) electrons. The molecule has 1 rings (SSSR count). The number of hydrogen-bond donors (Lipinski definition) is 2. The van der Waals surface area contributed by atoms with Gasteiger partial charge in [-0.15, -0.1) is 12.4 Å². The summed E-state index contributed by atoms with van der Waals surface area (Å²) in [5, 5.41) is 2.80. The van der Waals surface area contributed by atoms with Gasteiger partial charge in [0.25, 0.3) is 5.91 Å². The summed E-state index contributed by atoms with van der Waals surface area (Å²) in [5.41, 5.74) is 5.16. The minimum atomic E-state index is -0.560. The number of nitrogens with one attached hydrogen (secondary N) is 1. The zero-order valence-corrected chi connectivity index (χ0v) is 10.6. The first-order chi connectivity index (χ1) is 7.11. The third kappa shape index (κ3) is 4.25. The van der Waals surface area contributed by atoms with E-state index in [9.17, 15) is 4.79 Å². The fourth-order valence-electron chi connectivity index (χ4n) is 1.67. The van der Waals surface area contributed by atoms with Crippen LogP contribution in [0.2, 0.25) is 0 Å². The summed E-state index contributed by atoms with van der Waals surface area (Å²) < 4.78 is 10.5. The lowest BCUT2D eigenvalue weighted by molar-refractivity contribution is -0.131. The second-order valence-corrected chi connectivity index (χ2v) is 4.08. The summed E-state index contributed by atoms with van der Waals surface area (Å²) >= 11 is 0. The molecule has 1 fully saturated rings. The maximum atomic E-state index is 11.5. The van der Waals surface area contributed by atoms with Crippen LogP contribution < -0.4 is 11.1 Å². The largest absolute Gasteiger partial charge is 0.373 e. The summed E-state index contributed by atoms with van der Waals surface area (Å²) in [5.74, 6) is -0.170. The van der Waals surface area contributed by atoms with Gasteiger partial charge in [-0.3, -0.25) is 4.79 Å². The van der Waals surface area contributed by atoms with Crippen molar-refractivity contribution in [1.29, 1.82) is 0 Å². The quantitative estimate of drug-likeness (QED) is 0.726. The lowest BCUT2D eigenvalue weighted by atomic mass is 10.0. The number of methoxy groups -OCH3 is 1. The van der Waals surface area contributed by atoms with E-state index in [1.807, 2.05) is 6.92 Å². The number of ether oxygens (including phenoxy) is 2. The number of rotatable bonds is 5. The highest BCUT2D eigenvalue weighted by molar-refractivity contribution is 5.85. The van der Waals surface area contributed by atoms with Crippen molar-refractivity contribution in [1.82, 2.24) is 5.32 Å². The van der Waals surface area contributed by atoms with Gasteiger partial charge >= 0.3 is 0 Å². The van der Waals surface area contributed by atoms with E-state index < -0.39 is 6.10 Å². The molecule has 0 bridgehead atoms. The molecule has 0 saturated carbocycles. The van der Waals surface area contributed by atoms with Crippen LogP contribution in [0.15, 0.2) is 0 Å². The molecule has 0 spiro atoms. The molecular weight excluding hydrogens is 232 g/mol. The van der Waals surface area contributed by atoms with Crippen LogP contribution in [-0.2, 0) is 14.3 Å². The van der Waals surface area contributed by atoms with Gasteiger partial charge in [-0.05, 0) is 19.8 Å². The molecule has 1 saturated heterocycles. The molecule has 1 heterocycles. The van der Waals surface area contributed by atoms with E-state index in [0.29, 0.717) is 6.54 Å². The molecule has 1 amide bonds. The molecule has 96 valence electrons. The van der Waals surface area contributed by atoms with Gasteiger partial charge in [-0.2, -0.15) is 0 Å². The predicted molar refractivity (Wildman–Crippen MR) is 63.7 cm³/mol.